The number of halogens is 1. The highest BCUT2D eigenvalue weighted by atomic mass is 35.5. The first kappa shape index (κ1) is 23.1. The number of benzene rings is 1. The number of aromatic nitrogens is 2. The number of methoxy groups -OCH3 is 1. The van der Waals surface area contributed by atoms with Gasteiger partial charge in [-0.1, -0.05) is 11.6 Å². The summed E-state index contributed by atoms with van der Waals surface area (Å²) in [4.78, 5) is 13.9. The smallest absolute Gasteiger partial charge is 0.246 e. The van der Waals surface area contributed by atoms with E-state index in [0.29, 0.717) is 42.9 Å². The van der Waals surface area contributed by atoms with Crippen LogP contribution in [0.4, 0.5) is 11.8 Å². The quantitative estimate of drug-likeness (QED) is 0.651. The average Bonchev–Trinajstić information content (AvgIpc) is 2.80. The zero-order valence-electron chi connectivity index (χ0n) is 18.8. The van der Waals surface area contributed by atoms with E-state index in [-0.39, 0.29) is 4.90 Å². The van der Waals surface area contributed by atoms with Crippen LogP contribution in [-0.2, 0) is 10.0 Å². The summed E-state index contributed by atoms with van der Waals surface area (Å²) < 4.78 is 33.5. The molecule has 0 radical (unpaired) electrons. The molecule has 0 unspecified atom stereocenters. The van der Waals surface area contributed by atoms with Crippen LogP contribution in [0.3, 0.4) is 0 Å². The van der Waals surface area contributed by atoms with Gasteiger partial charge in [-0.05, 0) is 50.8 Å². The topological polar surface area (TPSA) is 78.9 Å². The molecule has 1 aromatic heterocycles. The molecule has 4 rings (SSSR count). The second kappa shape index (κ2) is 9.41. The van der Waals surface area contributed by atoms with E-state index in [9.17, 15) is 8.42 Å². The van der Waals surface area contributed by atoms with Crippen molar-refractivity contribution < 1.29 is 13.2 Å². The Morgan fingerprint density at radius 3 is 2.25 bits per heavy atom. The number of hydrogen-bond donors (Lipinski definition) is 0. The number of sulfonamides is 1. The number of rotatable bonds is 5. The minimum absolute atomic E-state index is 0.100. The van der Waals surface area contributed by atoms with Gasteiger partial charge < -0.3 is 14.5 Å². The Bertz CT molecular complexity index is 1080. The SMILES string of the molecule is COc1cc(C)c(Cl)cc1S(=O)(=O)N1CCN(c2nc(C)cc(N3CCCCC3)n2)CC1. The van der Waals surface area contributed by atoms with E-state index in [2.05, 4.69) is 14.8 Å². The molecule has 2 fully saturated rings. The van der Waals surface area contributed by atoms with Crippen molar-refractivity contribution in [2.75, 3.05) is 56.2 Å². The van der Waals surface area contributed by atoms with E-state index < -0.39 is 10.0 Å². The van der Waals surface area contributed by atoms with Gasteiger partial charge in [0.15, 0.2) is 0 Å². The molecule has 0 aliphatic carbocycles. The number of nitrogens with zero attached hydrogens (tertiary/aromatic N) is 5. The highest BCUT2D eigenvalue weighted by molar-refractivity contribution is 7.89. The average molecular weight is 480 g/mol. The van der Waals surface area contributed by atoms with E-state index in [1.165, 1.54) is 36.7 Å². The predicted molar refractivity (Wildman–Crippen MR) is 127 cm³/mol. The van der Waals surface area contributed by atoms with Crippen molar-refractivity contribution in [3.63, 3.8) is 0 Å². The second-order valence-electron chi connectivity index (χ2n) is 8.36. The fraction of sp³-hybridized carbons (Fsp3) is 0.545. The lowest BCUT2D eigenvalue weighted by molar-refractivity contribution is 0.372. The molecule has 2 saturated heterocycles. The van der Waals surface area contributed by atoms with Gasteiger partial charge in [-0.2, -0.15) is 9.29 Å². The van der Waals surface area contributed by atoms with Gasteiger partial charge in [-0.25, -0.2) is 13.4 Å². The molecule has 3 heterocycles. The minimum atomic E-state index is -3.73. The van der Waals surface area contributed by atoms with Crippen LogP contribution in [0.5, 0.6) is 5.75 Å². The molecule has 2 aromatic rings. The Hall–Kier alpha value is -2.10. The van der Waals surface area contributed by atoms with E-state index in [0.717, 1.165) is 30.2 Å². The summed E-state index contributed by atoms with van der Waals surface area (Å²) in [5.41, 5.74) is 1.69. The highest BCUT2D eigenvalue weighted by Crippen LogP contribution is 2.33. The third kappa shape index (κ3) is 4.65. The molecule has 0 spiro atoms. The van der Waals surface area contributed by atoms with Crippen molar-refractivity contribution in [1.29, 1.82) is 0 Å². The third-order valence-corrected chi connectivity index (χ3v) is 8.42. The van der Waals surface area contributed by atoms with E-state index in [4.69, 9.17) is 21.3 Å². The van der Waals surface area contributed by atoms with Crippen LogP contribution in [0.15, 0.2) is 23.1 Å². The Morgan fingerprint density at radius 2 is 1.59 bits per heavy atom. The van der Waals surface area contributed by atoms with Crippen LogP contribution in [0.25, 0.3) is 0 Å². The van der Waals surface area contributed by atoms with Gasteiger partial charge in [0.25, 0.3) is 0 Å². The summed E-state index contributed by atoms with van der Waals surface area (Å²) >= 11 is 6.22. The maximum Gasteiger partial charge on any atom is 0.246 e. The number of aryl methyl sites for hydroxylation is 2. The van der Waals surface area contributed by atoms with Gasteiger partial charge in [0, 0.05) is 56.1 Å². The van der Waals surface area contributed by atoms with E-state index in [1.54, 1.807) is 6.07 Å². The molecule has 32 heavy (non-hydrogen) atoms. The van der Waals surface area contributed by atoms with Gasteiger partial charge >= 0.3 is 0 Å². The van der Waals surface area contributed by atoms with Crippen molar-refractivity contribution in [3.05, 3.63) is 34.5 Å². The number of anilines is 2. The lowest BCUT2D eigenvalue weighted by Crippen LogP contribution is -2.49. The molecule has 0 amide bonds. The summed E-state index contributed by atoms with van der Waals surface area (Å²) in [6.45, 7) is 7.55. The molecule has 174 valence electrons. The first-order chi connectivity index (χ1) is 15.3. The monoisotopic (exact) mass is 479 g/mol. The first-order valence-corrected chi connectivity index (χ1v) is 12.8. The number of piperidine rings is 1. The van der Waals surface area contributed by atoms with Gasteiger partial charge in [-0.15, -0.1) is 0 Å². The molecule has 0 bridgehead atoms. The Balaban J connectivity index is 1.51. The fourth-order valence-corrected chi connectivity index (χ4v) is 6.04. The largest absolute Gasteiger partial charge is 0.495 e. The van der Waals surface area contributed by atoms with Crippen LogP contribution >= 0.6 is 11.6 Å². The van der Waals surface area contributed by atoms with Crippen LogP contribution in [0.1, 0.15) is 30.5 Å². The van der Waals surface area contributed by atoms with Gasteiger partial charge in [0.05, 0.1) is 7.11 Å². The minimum Gasteiger partial charge on any atom is -0.495 e. The normalized spacial score (nSPS) is 18.1. The first-order valence-electron chi connectivity index (χ1n) is 11.0. The van der Waals surface area contributed by atoms with Gasteiger partial charge in [0.1, 0.15) is 16.5 Å². The van der Waals surface area contributed by atoms with Gasteiger partial charge in [0.2, 0.25) is 16.0 Å². The highest BCUT2D eigenvalue weighted by Gasteiger charge is 2.32. The van der Waals surface area contributed by atoms with Crippen LogP contribution in [-0.4, -0.2) is 69.1 Å². The van der Waals surface area contributed by atoms with Crippen molar-refractivity contribution in [2.45, 2.75) is 38.0 Å². The van der Waals surface area contributed by atoms with Crippen molar-refractivity contribution in [3.8, 4) is 5.75 Å². The number of ether oxygens (including phenoxy) is 1. The maximum atomic E-state index is 13.3. The zero-order chi connectivity index (χ0) is 22.9. The molecular formula is C22H30ClN5O3S. The zero-order valence-corrected chi connectivity index (χ0v) is 20.4. The molecule has 8 nitrogen and oxygen atoms in total. The second-order valence-corrected chi connectivity index (χ2v) is 10.7. The number of hydrogen-bond acceptors (Lipinski definition) is 7. The molecule has 2 aliphatic heterocycles. The lowest BCUT2D eigenvalue weighted by Gasteiger charge is -2.35. The summed E-state index contributed by atoms with van der Waals surface area (Å²) in [7, 11) is -2.27. The molecule has 2 aliphatic rings. The Morgan fingerprint density at radius 1 is 0.906 bits per heavy atom. The summed E-state index contributed by atoms with van der Waals surface area (Å²) in [6.07, 6.45) is 3.63. The fourth-order valence-electron chi connectivity index (χ4n) is 4.23. The van der Waals surface area contributed by atoms with E-state index in [1.807, 2.05) is 19.9 Å². The Labute approximate surface area is 195 Å². The van der Waals surface area contributed by atoms with Crippen LogP contribution in [0, 0.1) is 13.8 Å². The summed E-state index contributed by atoms with van der Waals surface area (Å²) in [5, 5.41) is 0.404. The molecule has 0 N–H and O–H groups in total. The van der Waals surface area contributed by atoms with E-state index >= 15 is 0 Å². The molecule has 1 aromatic carbocycles. The molecular weight excluding hydrogens is 450 g/mol. The van der Waals surface area contributed by atoms with Crippen LogP contribution in [0.2, 0.25) is 5.02 Å². The standard InChI is InChI=1S/C22H30ClN5O3S/c1-16-13-19(31-3)20(15-18(16)23)32(29,30)28-11-9-27(10-12-28)22-24-17(2)14-21(25-22)26-7-5-4-6-8-26/h13-15H,4-12H2,1-3H3. The maximum absolute atomic E-state index is 13.3. The molecule has 0 atom stereocenters. The van der Waals surface area contributed by atoms with Crippen molar-refractivity contribution >= 4 is 33.4 Å². The van der Waals surface area contributed by atoms with Gasteiger partial charge in [-0.3, -0.25) is 0 Å². The van der Waals surface area contributed by atoms with Crippen molar-refractivity contribution in [2.24, 2.45) is 0 Å². The Kier molecular flexibility index (Phi) is 6.78. The summed E-state index contributed by atoms with van der Waals surface area (Å²) in [5.74, 6) is 1.93. The van der Waals surface area contributed by atoms with Crippen molar-refractivity contribution in [1.82, 2.24) is 14.3 Å². The molecule has 10 heteroatoms. The van der Waals surface area contributed by atoms with Crippen LogP contribution < -0.4 is 14.5 Å². The summed E-state index contributed by atoms with van der Waals surface area (Å²) in [6, 6.07) is 5.17. The third-order valence-electron chi connectivity index (χ3n) is 6.09. The molecule has 0 saturated carbocycles. The number of piperazine rings is 1. The lowest BCUT2D eigenvalue weighted by atomic mass is 10.1. The predicted octanol–water partition coefficient (Wildman–Crippen LogP) is 3.26.